The summed E-state index contributed by atoms with van der Waals surface area (Å²) < 4.78 is 19.6. The van der Waals surface area contributed by atoms with Crippen LogP contribution in [0.15, 0.2) is 18.5 Å². The van der Waals surface area contributed by atoms with Crippen molar-refractivity contribution < 1.29 is 19.0 Å². The molecule has 0 aliphatic carbocycles. The molecule has 0 bridgehead atoms. The fourth-order valence-electron chi connectivity index (χ4n) is 5.13. The van der Waals surface area contributed by atoms with Crippen LogP contribution >= 0.6 is 0 Å². The van der Waals surface area contributed by atoms with Crippen LogP contribution in [0.25, 0.3) is 11.0 Å². The summed E-state index contributed by atoms with van der Waals surface area (Å²) in [5.41, 5.74) is 2.87. The number of rotatable bonds is 8. The van der Waals surface area contributed by atoms with Crippen LogP contribution in [0.2, 0.25) is 25.7 Å². The van der Waals surface area contributed by atoms with Crippen molar-refractivity contribution >= 4 is 30.9 Å². The lowest BCUT2D eigenvalue weighted by molar-refractivity contribution is 0.0206. The van der Waals surface area contributed by atoms with E-state index in [1.165, 1.54) is 10.9 Å². The normalized spacial score (nSPS) is 19.8. The molecule has 37 heavy (non-hydrogen) atoms. The van der Waals surface area contributed by atoms with Gasteiger partial charge in [0, 0.05) is 70.5 Å². The quantitative estimate of drug-likeness (QED) is 0.330. The van der Waals surface area contributed by atoms with Crippen molar-refractivity contribution in [1.29, 1.82) is 0 Å². The number of hydrogen-bond donors (Lipinski definition) is 1. The van der Waals surface area contributed by atoms with E-state index in [4.69, 9.17) is 19.2 Å². The molecule has 0 spiro atoms. The Labute approximate surface area is 223 Å². The Morgan fingerprint density at radius 2 is 1.97 bits per heavy atom. The van der Waals surface area contributed by atoms with Gasteiger partial charge in [0.15, 0.2) is 0 Å². The second-order valence-electron chi connectivity index (χ2n) is 12.8. The van der Waals surface area contributed by atoms with E-state index < -0.39 is 13.7 Å². The average Bonchev–Trinajstić information content (AvgIpc) is 3.21. The molecular formula is C28H46N4O4Si. The molecule has 1 N–H and O–H groups in total. The molecule has 4 heterocycles. The topological polar surface area (TPSA) is 77.9 Å². The summed E-state index contributed by atoms with van der Waals surface area (Å²) in [6.07, 6.45) is 7.88. The van der Waals surface area contributed by atoms with Crippen LogP contribution in [0.5, 0.6) is 0 Å². The first-order valence-electron chi connectivity index (χ1n) is 13.9. The van der Waals surface area contributed by atoms with Gasteiger partial charge in [0.05, 0.1) is 0 Å². The van der Waals surface area contributed by atoms with Gasteiger partial charge in [-0.2, -0.15) is 0 Å². The fourth-order valence-corrected chi connectivity index (χ4v) is 5.89. The first-order chi connectivity index (χ1) is 17.5. The minimum atomic E-state index is -1.14. The van der Waals surface area contributed by atoms with Crippen LogP contribution in [0.4, 0.5) is 10.5 Å². The van der Waals surface area contributed by atoms with Crippen LogP contribution in [0, 0.1) is 0 Å². The number of nitrogens with zero attached hydrogens (tertiary/aromatic N) is 3. The third-order valence-electron chi connectivity index (χ3n) is 7.11. The number of pyridine rings is 1. The Hall–Kier alpha value is -2.10. The van der Waals surface area contributed by atoms with Gasteiger partial charge in [-0.25, -0.2) is 9.78 Å². The van der Waals surface area contributed by atoms with Gasteiger partial charge >= 0.3 is 6.09 Å². The predicted octanol–water partition coefficient (Wildman–Crippen LogP) is 6.05. The summed E-state index contributed by atoms with van der Waals surface area (Å²) in [6.45, 7) is 17.1. The lowest BCUT2D eigenvalue weighted by Gasteiger charge is -2.35. The highest BCUT2D eigenvalue weighted by molar-refractivity contribution is 6.76. The summed E-state index contributed by atoms with van der Waals surface area (Å²) in [4.78, 5) is 19.3. The summed E-state index contributed by atoms with van der Waals surface area (Å²) in [6, 6.07) is 3.38. The molecule has 1 amide bonds. The summed E-state index contributed by atoms with van der Waals surface area (Å²) in [5, 5.41) is 4.96. The summed E-state index contributed by atoms with van der Waals surface area (Å²) in [7, 11) is -1.14. The van der Waals surface area contributed by atoms with E-state index in [2.05, 4.69) is 41.8 Å². The minimum absolute atomic E-state index is 0.158. The molecule has 2 aliphatic heterocycles. The molecule has 206 valence electrons. The third kappa shape index (κ3) is 7.71. The molecule has 9 heteroatoms. The molecule has 4 rings (SSSR count). The zero-order valence-corrected chi connectivity index (χ0v) is 24.6. The molecule has 0 unspecified atom stereocenters. The van der Waals surface area contributed by atoms with Crippen molar-refractivity contribution in [1.82, 2.24) is 14.5 Å². The highest BCUT2D eigenvalue weighted by Gasteiger charge is 2.29. The van der Waals surface area contributed by atoms with Crippen LogP contribution in [-0.4, -0.2) is 73.2 Å². The molecule has 0 radical (unpaired) electrons. The zero-order chi connectivity index (χ0) is 26.6. The summed E-state index contributed by atoms with van der Waals surface area (Å²) in [5.74, 6) is 0.439. The molecule has 2 saturated heterocycles. The maximum atomic E-state index is 12.7. The van der Waals surface area contributed by atoms with Crippen LogP contribution < -0.4 is 5.32 Å². The lowest BCUT2D eigenvalue weighted by Crippen LogP contribution is -2.47. The number of aromatic nitrogens is 2. The number of anilines is 1. The molecule has 2 aromatic heterocycles. The van der Waals surface area contributed by atoms with E-state index in [1.54, 1.807) is 0 Å². The first kappa shape index (κ1) is 27.9. The van der Waals surface area contributed by atoms with E-state index >= 15 is 0 Å². The van der Waals surface area contributed by atoms with Crippen molar-refractivity contribution in [3.05, 3.63) is 24.0 Å². The van der Waals surface area contributed by atoms with Gasteiger partial charge < -0.3 is 29.0 Å². The highest BCUT2D eigenvalue weighted by atomic mass is 28.3. The largest absolute Gasteiger partial charge is 0.444 e. The van der Waals surface area contributed by atoms with Gasteiger partial charge in [0.2, 0.25) is 0 Å². The number of nitrogens with one attached hydrogen (secondary N) is 1. The smallest absolute Gasteiger partial charge is 0.410 e. The first-order valence-corrected chi connectivity index (χ1v) is 17.6. The van der Waals surface area contributed by atoms with Gasteiger partial charge in [-0.05, 0) is 70.0 Å². The molecule has 1 atom stereocenters. The Morgan fingerprint density at radius 3 is 2.68 bits per heavy atom. The van der Waals surface area contributed by atoms with E-state index in [-0.39, 0.29) is 12.1 Å². The number of ether oxygens (including phenoxy) is 3. The second-order valence-corrected chi connectivity index (χ2v) is 18.4. The molecule has 8 nitrogen and oxygen atoms in total. The number of carbonyl (C=O) groups excluding carboxylic acids is 1. The van der Waals surface area contributed by atoms with Crippen molar-refractivity contribution in [3.63, 3.8) is 0 Å². The predicted molar refractivity (Wildman–Crippen MR) is 151 cm³/mol. The highest BCUT2D eigenvalue weighted by Crippen LogP contribution is 2.37. The van der Waals surface area contributed by atoms with Crippen molar-refractivity contribution in [2.24, 2.45) is 0 Å². The Kier molecular flexibility index (Phi) is 8.86. The van der Waals surface area contributed by atoms with Gasteiger partial charge in [-0.3, -0.25) is 0 Å². The molecule has 2 fully saturated rings. The molecule has 0 aromatic carbocycles. The number of carbonyl (C=O) groups is 1. The minimum Gasteiger partial charge on any atom is -0.444 e. The monoisotopic (exact) mass is 530 g/mol. The molecule has 0 saturated carbocycles. The number of likely N-dealkylation sites (tertiary alicyclic amines) is 1. The SMILES string of the molecule is CC(C)(C)OC(=O)N1CCC[C@@H](Nc2ccnc3c2c(C2CCOCC2)cn3COCC[Si](C)(C)C)C1. The lowest BCUT2D eigenvalue weighted by atomic mass is 9.91. The second kappa shape index (κ2) is 11.7. The fraction of sp³-hybridized carbons (Fsp3) is 0.714. The third-order valence-corrected chi connectivity index (χ3v) is 8.81. The molecule has 2 aliphatic rings. The van der Waals surface area contributed by atoms with Crippen LogP contribution in [-0.2, 0) is 20.9 Å². The van der Waals surface area contributed by atoms with E-state index in [0.717, 1.165) is 69.4 Å². The average molecular weight is 531 g/mol. The number of fused-ring (bicyclic) bond motifs is 1. The maximum Gasteiger partial charge on any atom is 0.410 e. The maximum absolute atomic E-state index is 12.7. The summed E-state index contributed by atoms with van der Waals surface area (Å²) >= 11 is 0. The van der Waals surface area contributed by atoms with Gasteiger partial charge in [-0.15, -0.1) is 0 Å². The van der Waals surface area contributed by atoms with Crippen LogP contribution in [0.1, 0.15) is 57.9 Å². The van der Waals surface area contributed by atoms with E-state index in [9.17, 15) is 4.79 Å². The van der Waals surface area contributed by atoms with Gasteiger partial charge in [-0.1, -0.05) is 19.6 Å². The number of amides is 1. The standard InChI is InChI=1S/C28H46N4O4Si/c1-28(2,3)36-27(33)31-13-7-8-22(18-31)30-24-9-12-29-26-25(24)23(21-10-14-34-15-11-21)19-32(26)20-35-16-17-37(4,5)6/h9,12,19,21-22H,7-8,10-11,13-18,20H2,1-6H3,(H,29,30)/t22-/m1/s1. The molecule has 2 aromatic rings. The zero-order valence-electron chi connectivity index (χ0n) is 23.6. The Balaban J connectivity index is 1.55. The number of hydrogen-bond acceptors (Lipinski definition) is 6. The van der Waals surface area contributed by atoms with Crippen molar-refractivity contribution in [3.8, 4) is 0 Å². The number of piperidine rings is 1. The van der Waals surface area contributed by atoms with E-state index in [1.807, 2.05) is 31.9 Å². The van der Waals surface area contributed by atoms with E-state index in [0.29, 0.717) is 19.2 Å². The molecular weight excluding hydrogens is 484 g/mol. The Bertz CT molecular complexity index is 1050. The van der Waals surface area contributed by atoms with Gasteiger partial charge in [0.1, 0.15) is 18.0 Å². The Morgan fingerprint density at radius 1 is 1.22 bits per heavy atom. The van der Waals surface area contributed by atoms with Crippen molar-refractivity contribution in [2.45, 2.75) is 96.4 Å². The van der Waals surface area contributed by atoms with Crippen molar-refractivity contribution in [2.75, 3.05) is 38.2 Å². The van der Waals surface area contributed by atoms with Gasteiger partial charge in [0.25, 0.3) is 0 Å². The van der Waals surface area contributed by atoms with Crippen LogP contribution in [0.3, 0.4) is 0 Å².